The SMILES string of the molecule is CCCNC(C)c1nc(CSCC)no1. The minimum atomic E-state index is 0.151. The second-order valence-corrected chi connectivity index (χ2v) is 4.64. The quantitative estimate of drug-likeness (QED) is 0.778. The molecule has 15 heavy (non-hydrogen) atoms. The molecule has 1 aromatic rings. The van der Waals surface area contributed by atoms with Crippen LogP contribution in [0.2, 0.25) is 0 Å². The summed E-state index contributed by atoms with van der Waals surface area (Å²) in [5, 5.41) is 7.25. The lowest BCUT2D eigenvalue weighted by Gasteiger charge is -2.06. The first kappa shape index (κ1) is 12.5. The van der Waals surface area contributed by atoms with Crippen molar-refractivity contribution in [3.63, 3.8) is 0 Å². The molecule has 5 heteroatoms. The first-order chi connectivity index (χ1) is 7.27. The molecule has 1 unspecified atom stereocenters. The van der Waals surface area contributed by atoms with Crippen LogP contribution in [0.15, 0.2) is 4.52 Å². The fraction of sp³-hybridized carbons (Fsp3) is 0.800. The number of nitrogens with zero attached hydrogens (tertiary/aromatic N) is 2. The Kier molecular flexibility index (Phi) is 5.71. The van der Waals surface area contributed by atoms with Crippen LogP contribution in [-0.4, -0.2) is 22.4 Å². The summed E-state index contributed by atoms with van der Waals surface area (Å²) < 4.78 is 5.18. The van der Waals surface area contributed by atoms with Crippen LogP contribution in [0.5, 0.6) is 0 Å². The van der Waals surface area contributed by atoms with Crippen LogP contribution >= 0.6 is 11.8 Å². The van der Waals surface area contributed by atoms with E-state index in [1.165, 1.54) is 0 Å². The van der Waals surface area contributed by atoms with E-state index in [-0.39, 0.29) is 6.04 Å². The summed E-state index contributed by atoms with van der Waals surface area (Å²) in [6.45, 7) is 7.27. The zero-order chi connectivity index (χ0) is 11.1. The summed E-state index contributed by atoms with van der Waals surface area (Å²) >= 11 is 1.80. The Bertz CT molecular complexity index is 277. The third-order valence-corrected chi connectivity index (χ3v) is 2.86. The van der Waals surface area contributed by atoms with Gasteiger partial charge in [0.05, 0.1) is 11.8 Å². The number of hydrogen-bond donors (Lipinski definition) is 1. The van der Waals surface area contributed by atoms with Crippen molar-refractivity contribution in [1.82, 2.24) is 15.5 Å². The number of hydrogen-bond acceptors (Lipinski definition) is 5. The normalized spacial score (nSPS) is 13.0. The molecule has 1 N–H and O–H groups in total. The first-order valence-corrected chi connectivity index (χ1v) is 6.57. The molecule has 0 fully saturated rings. The predicted octanol–water partition coefficient (Wildman–Crippen LogP) is 2.38. The average Bonchev–Trinajstić information content (AvgIpc) is 2.71. The maximum absolute atomic E-state index is 5.18. The molecular weight excluding hydrogens is 210 g/mol. The summed E-state index contributed by atoms with van der Waals surface area (Å²) in [6, 6.07) is 0.151. The van der Waals surface area contributed by atoms with E-state index in [4.69, 9.17) is 4.52 Å². The molecule has 1 heterocycles. The molecule has 0 amide bonds. The average molecular weight is 229 g/mol. The third-order valence-electron chi connectivity index (χ3n) is 1.99. The van der Waals surface area contributed by atoms with Gasteiger partial charge in [-0.2, -0.15) is 16.7 Å². The van der Waals surface area contributed by atoms with Gasteiger partial charge in [-0.1, -0.05) is 19.0 Å². The highest BCUT2D eigenvalue weighted by Crippen LogP contribution is 2.13. The van der Waals surface area contributed by atoms with Gasteiger partial charge in [0.1, 0.15) is 0 Å². The Hall–Kier alpha value is -0.550. The van der Waals surface area contributed by atoms with Crippen LogP contribution in [0.1, 0.15) is 44.9 Å². The van der Waals surface area contributed by atoms with Gasteiger partial charge in [0.25, 0.3) is 0 Å². The largest absolute Gasteiger partial charge is 0.338 e. The molecule has 1 aromatic heterocycles. The zero-order valence-electron chi connectivity index (χ0n) is 9.62. The lowest BCUT2D eigenvalue weighted by molar-refractivity contribution is 0.337. The van der Waals surface area contributed by atoms with Crippen molar-refractivity contribution in [2.45, 2.75) is 39.0 Å². The van der Waals surface area contributed by atoms with E-state index in [9.17, 15) is 0 Å². The van der Waals surface area contributed by atoms with Crippen LogP contribution < -0.4 is 5.32 Å². The van der Waals surface area contributed by atoms with Crippen molar-refractivity contribution < 1.29 is 4.52 Å². The van der Waals surface area contributed by atoms with E-state index in [1.54, 1.807) is 11.8 Å². The summed E-state index contributed by atoms with van der Waals surface area (Å²) in [7, 11) is 0. The molecule has 0 bridgehead atoms. The molecule has 0 aromatic carbocycles. The summed E-state index contributed by atoms with van der Waals surface area (Å²) in [6.07, 6.45) is 1.11. The van der Waals surface area contributed by atoms with Gasteiger partial charge in [-0.3, -0.25) is 0 Å². The van der Waals surface area contributed by atoms with Gasteiger partial charge in [0.15, 0.2) is 5.82 Å². The molecule has 0 aliphatic rings. The molecule has 86 valence electrons. The molecule has 0 spiro atoms. The maximum Gasteiger partial charge on any atom is 0.243 e. The molecular formula is C10H19N3OS. The van der Waals surface area contributed by atoms with E-state index in [2.05, 4.69) is 29.3 Å². The van der Waals surface area contributed by atoms with Crippen LogP contribution in [-0.2, 0) is 5.75 Å². The minimum absolute atomic E-state index is 0.151. The number of rotatable bonds is 7. The summed E-state index contributed by atoms with van der Waals surface area (Å²) in [4.78, 5) is 4.34. The van der Waals surface area contributed by atoms with Crippen molar-refractivity contribution in [3.8, 4) is 0 Å². The van der Waals surface area contributed by atoms with Crippen LogP contribution in [0.4, 0.5) is 0 Å². The molecule has 0 aliphatic carbocycles. The van der Waals surface area contributed by atoms with Gasteiger partial charge in [0, 0.05) is 0 Å². The zero-order valence-corrected chi connectivity index (χ0v) is 10.4. The lowest BCUT2D eigenvalue weighted by atomic mass is 10.3. The lowest BCUT2D eigenvalue weighted by Crippen LogP contribution is -2.19. The van der Waals surface area contributed by atoms with E-state index >= 15 is 0 Å². The molecule has 4 nitrogen and oxygen atoms in total. The second-order valence-electron chi connectivity index (χ2n) is 3.36. The van der Waals surface area contributed by atoms with Crippen molar-refractivity contribution in [2.24, 2.45) is 0 Å². The Labute approximate surface area is 95.2 Å². The fourth-order valence-corrected chi connectivity index (χ4v) is 1.65. The van der Waals surface area contributed by atoms with Gasteiger partial charge in [-0.15, -0.1) is 0 Å². The van der Waals surface area contributed by atoms with Gasteiger partial charge in [0.2, 0.25) is 5.89 Å². The standard InChI is InChI=1S/C10H19N3OS/c1-4-6-11-8(3)10-12-9(13-14-10)7-15-5-2/h8,11H,4-7H2,1-3H3. The topological polar surface area (TPSA) is 51.0 Å². The van der Waals surface area contributed by atoms with Gasteiger partial charge >= 0.3 is 0 Å². The van der Waals surface area contributed by atoms with E-state index < -0.39 is 0 Å². The van der Waals surface area contributed by atoms with Gasteiger partial charge in [-0.05, 0) is 25.6 Å². The number of aromatic nitrogens is 2. The van der Waals surface area contributed by atoms with Gasteiger partial charge < -0.3 is 9.84 Å². The monoisotopic (exact) mass is 229 g/mol. The van der Waals surface area contributed by atoms with Crippen LogP contribution in [0.3, 0.4) is 0 Å². The van der Waals surface area contributed by atoms with Gasteiger partial charge in [-0.25, -0.2) is 0 Å². The first-order valence-electron chi connectivity index (χ1n) is 5.41. The maximum atomic E-state index is 5.18. The number of nitrogens with one attached hydrogen (secondary N) is 1. The Balaban J connectivity index is 2.43. The summed E-state index contributed by atoms with van der Waals surface area (Å²) in [5.41, 5.74) is 0. The smallest absolute Gasteiger partial charge is 0.243 e. The molecule has 0 aliphatic heterocycles. The van der Waals surface area contributed by atoms with Crippen molar-refractivity contribution in [1.29, 1.82) is 0 Å². The van der Waals surface area contributed by atoms with E-state index in [1.807, 2.05) is 6.92 Å². The minimum Gasteiger partial charge on any atom is -0.338 e. The number of thioether (sulfide) groups is 1. The highest BCUT2D eigenvalue weighted by Gasteiger charge is 2.12. The predicted molar refractivity (Wildman–Crippen MR) is 62.8 cm³/mol. The van der Waals surface area contributed by atoms with E-state index in [0.29, 0.717) is 5.89 Å². The third kappa shape index (κ3) is 4.22. The molecule has 0 saturated heterocycles. The Morgan fingerprint density at radius 3 is 2.93 bits per heavy atom. The van der Waals surface area contributed by atoms with Crippen molar-refractivity contribution in [3.05, 3.63) is 11.7 Å². The molecule has 1 rings (SSSR count). The van der Waals surface area contributed by atoms with Crippen molar-refractivity contribution >= 4 is 11.8 Å². The van der Waals surface area contributed by atoms with Crippen LogP contribution in [0.25, 0.3) is 0 Å². The highest BCUT2D eigenvalue weighted by molar-refractivity contribution is 7.98. The summed E-state index contributed by atoms with van der Waals surface area (Å²) in [5.74, 6) is 3.39. The molecule has 0 radical (unpaired) electrons. The second kappa shape index (κ2) is 6.85. The fourth-order valence-electron chi connectivity index (χ4n) is 1.14. The Morgan fingerprint density at radius 1 is 1.47 bits per heavy atom. The van der Waals surface area contributed by atoms with Crippen molar-refractivity contribution in [2.75, 3.05) is 12.3 Å². The van der Waals surface area contributed by atoms with Crippen LogP contribution in [0, 0.1) is 0 Å². The Morgan fingerprint density at radius 2 is 2.27 bits per heavy atom. The molecule has 0 saturated carbocycles. The molecule has 1 atom stereocenters. The van der Waals surface area contributed by atoms with E-state index in [0.717, 1.165) is 30.3 Å². The highest BCUT2D eigenvalue weighted by atomic mass is 32.2.